The number of aliphatic hydroxyl groups excluding tert-OH is 2. The third kappa shape index (κ3) is 2.35. The van der Waals surface area contributed by atoms with Gasteiger partial charge in [0.2, 0.25) is 0 Å². The monoisotopic (exact) mass is 370 g/mol. The van der Waals surface area contributed by atoms with Crippen molar-refractivity contribution in [3.8, 4) is 0 Å². The predicted octanol–water partition coefficient (Wildman–Crippen LogP) is 5.69. The Labute approximate surface area is 165 Å². The van der Waals surface area contributed by atoms with Gasteiger partial charge in [-0.15, -0.1) is 0 Å². The molecule has 0 fully saturated rings. The van der Waals surface area contributed by atoms with Gasteiger partial charge in [-0.25, -0.2) is 0 Å². The van der Waals surface area contributed by atoms with E-state index in [9.17, 15) is 10.2 Å². The lowest BCUT2D eigenvalue weighted by Gasteiger charge is -2.55. The van der Waals surface area contributed by atoms with Gasteiger partial charge in [-0.05, 0) is 58.9 Å². The van der Waals surface area contributed by atoms with Crippen LogP contribution >= 0.6 is 0 Å². The fourth-order valence-corrected chi connectivity index (χ4v) is 5.62. The van der Waals surface area contributed by atoms with Gasteiger partial charge >= 0.3 is 0 Å². The topological polar surface area (TPSA) is 40.5 Å². The summed E-state index contributed by atoms with van der Waals surface area (Å²) in [5.41, 5.74) is 0.303. The van der Waals surface area contributed by atoms with Crippen LogP contribution in [0.3, 0.4) is 0 Å². The van der Waals surface area contributed by atoms with Gasteiger partial charge < -0.3 is 10.2 Å². The lowest BCUT2D eigenvalue weighted by atomic mass is 9.50. The minimum absolute atomic E-state index is 0.101. The number of benzene rings is 3. The number of allylic oxidation sites excluding steroid dienone is 4. The zero-order chi connectivity index (χ0) is 19.2. The van der Waals surface area contributed by atoms with Crippen molar-refractivity contribution in [1.29, 1.82) is 0 Å². The number of hydrogen-bond acceptors (Lipinski definition) is 2. The highest BCUT2D eigenvalue weighted by Crippen LogP contribution is 2.61. The Morgan fingerprint density at radius 1 is 0.750 bits per heavy atom. The van der Waals surface area contributed by atoms with Gasteiger partial charge in [0.05, 0.1) is 6.10 Å². The summed E-state index contributed by atoms with van der Waals surface area (Å²) >= 11 is 0. The van der Waals surface area contributed by atoms with Crippen molar-refractivity contribution >= 4 is 21.5 Å². The van der Waals surface area contributed by atoms with Crippen LogP contribution in [0.5, 0.6) is 0 Å². The van der Waals surface area contributed by atoms with Crippen molar-refractivity contribution in [1.82, 2.24) is 0 Å². The van der Waals surface area contributed by atoms with Crippen LogP contribution in [0.15, 0.2) is 78.9 Å². The predicted molar refractivity (Wildman–Crippen MR) is 115 cm³/mol. The van der Waals surface area contributed by atoms with Crippen LogP contribution in [0.2, 0.25) is 0 Å². The van der Waals surface area contributed by atoms with E-state index in [1.807, 2.05) is 6.07 Å². The molecule has 0 aliphatic heterocycles. The van der Waals surface area contributed by atoms with Gasteiger partial charge in [-0.1, -0.05) is 72.8 Å². The molecule has 0 saturated heterocycles. The summed E-state index contributed by atoms with van der Waals surface area (Å²) < 4.78 is 0. The molecule has 0 aromatic heterocycles. The van der Waals surface area contributed by atoms with Crippen LogP contribution in [0.4, 0.5) is 0 Å². The Bertz CT molecular complexity index is 1070. The third-order valence-corrected chi connectivity index (χ3v) is 7.29. The molecule has 2 aliphatic rings. The van der Waals surface area contributed by atoms with Crippen LogP contribution in [0.1, 0.15) is 37.4 Å². The maximum Gasteiger partial charge on any atom is 0.0864 e. The van der Waals surface area contributed by atoms with Crippen LogP contribution in [-0.2, 0) is 0 Å². The molecule has 1 atom stereocenters. The lowest BCUT2D eigenvalue weighted by molar-refractivity contribution is -0.110. The molecule has 0 bridgehead atoms. The van der Waals surface area contributed by atoms with Crippen molar-refractivity contribution in [2.75, 3.05) is 6.61 Å². The molecule has 5 rings (SSSR count). The average molecular weight is 370 g/mol. The van der Waals surface area contributed by atoms with Crippen LogP contribution in [-0.4, -0.2) is 16.8 Å². The normalized spacial score (nSPS) is 27.8. The second kappa shape index (κ2) is 6.58. The average Bonchev–Trinajstić information content (AvgIpc) is 2.77. The van der Waals surface area contributed by atoms with Gasteiger partial charge in [0.25, 0.3) is 0 Å². The van der Waals surface area contributed by atoms with E-state index in [0.29, 0.717) is 0 Å². The number of hydrogen-bond donors (Lipinski definition) is 2. The second-order valence-corrected chi connectivity index (χ2v) is 8.49. The van der Waals surface area contributed by atoms with Gasteiger partial charge in [0.15, 0.2) is 0 Å². The summed E-state index contributed by atoms with van der Waals surface area (Å²) in [5, 5.41) is 27.0. The Morgan fingerprint density at radius 2 is 1.32 bits per heavy atom. The molecule has 0 saturated carbocycles. The molecule has 0 unspecified atom stereocenters. The fraction of sp³-hybridized carbons (Fsp3) is 0.308. The van der Waals surface area contributed by atoms with E-state index in [1.54, 1.807) is 0 Å². The zero-order valence-corrected chi connectivity index (χ0v) is 16.0. The molecule has 0 radical (unpaired) electrons. The Morgan fingerprint density at radius 3 is 2.00 bits per heavy atom. The third-order valence-electron chi connectivity index (χ3n) is 7.29. The Hall–Kier alpha value is -2.42. The van der Waals surface area contributed by atoms with Crippen LogP contribution in [0, 0.1) is 10.8 Å². The number of fused-ring (bicyclic) bond motifs is 4. The molecule has 142 valence electrons. The Kier molecular flexibility index (Phi) is 4.15. The number of aliphatic hydroxyl groups is 2. The van der Waals surface area contributed by atoms with E-state index in [-0.39, 0.29) is 17.4 Å². The van der Waals surface area contributed by atoms with Gasteiger partial charge in [-0.3, -0.25) is 0 Å². The molecular formula is C26H26O2. The summed E-state index contributed by atoms with van der Waals surface area (Å²) in [5.74, 6) is 0. The molecule has 2 aliphatic carbocycles. The van der Waals surface area contributed by atoms with E-state index in [2.05, 4.69) is 72.8 Å². The minimum atomic E-state index is -0.635. The standard InChI is InChI=1S/C26H26O2/c27-18-25-13-5-7-15-26(25,16-8-6-14-25)24(28)23-17-19-9-1-2-10-20(19)21-11-3-4-12-22(21)23/h1-12,17,24,27-28H,13-16,18H2/t24-,25?,26?/m1/s1. The summed E-state index contributed by atoms with van der Waals surface area (Å²) in [4.78, 5) is 0. The molecule has 3 aromatic carbocycles. The van der Waals surface area contributed by atoms with Crippen LogP contribution in [0.25, 0.3) is 21.5 Å². The fourth-order valence-electron chi connectivity index (χ4n) is 5.62. The highest BCUT2D eigenvalue weighted by Gasteiger charge is 2.55. The molecule has 2 heteroatoms. The largest absolute Gasteiger partial charge is 0.396 e. The van der Waals surface area contributed by atoms with E-state index < -0.39 is 6.10 Å². The van der Waals surface area contributed by atoms with E-state index >= 15 is 0 Å². The molecule has 3 aromatic rings. The highest BCUT2D eigenvalue weighted by molar-refractivity contribution is 6.09. The van der Waals surface area contributed by atoms with E-state index in [1.165, 1.54) is 10.8 Å². The first kappa shape index (κ1) is 17.7. The Balaban J connectivity index is 1.77. The molecule has 0 heterocycles. The lowest BCUT2D eigenvalue weighted by Crippen LogP contribution is -2.50. The molecule has 0 amide bonds. The van der Waals surface area contributed by atoms with Crippen molar-refractivity contribution in [3.05, 3.63) is 84.5 Å². The van der Waals surface area contributed by atoms with Gasteiger partial charge in [0.1, 0.15) is 0 Å². The maximum atomic E-state index is 11.9. The highest BCUT2D eigenvalue weighted by atomic mass is 16.3. The first-order chi connectivity index (χ1) is 13.7. The molecule has 2 N–H and O–H groups in total. The summed E-state index contributed by atoms with van der Waals surface area (Å²) in [6, 6.07) is 18.9. The molecule has 0 spiro atoms. The van der Waals surface area contributed by atoms with E-state index in [0.717, 1.165) is 42.0 Å². The summed E-state index contributed by atoms with van der Waals surface area (Å²) in [7, 11) is 0. The maximum absolute atomic E-state index is 11.9. The first-order valence-corrected chi connectivity index (χ1v) is 10.2. The van der Waals surface area contributed by atoms with Gasteiger partial charge in [-0.2, -0.15) is 0 Å². The SMILES string of the molecule is OCC12CC=CCC1([C@H](O)c1cc3ccccc3c3ccccc13)CC=CC2. The van der Waals surface area contributed by atoms with Gasteiger partial charge in [0, 0.05) is 17.4 Å². The summed E-state index contributed by atoms with van der Waals surface area (Å²) in [6.45, 7) is 0.101. The minimum Gasteiger partial charge on any atom is -0.396 e. The van der Waals surface area contributed by atoms with E-state index in [4.69, 9.17) is 0 Å². The first-order valence-electron chi connectivity index (χ1n) is 10.2. The van der Waals surface area contributed by atoms with Crippen molar-refractivity contribution in [3.63, 3.8) is 0 Å². The molecule has 28 heavy (non-hydrogen) atoms. The smallest absolute Gasteiger partial charge is 0.0864 e. The quantitative estimate of drug-likeness (QED) is 0.459. The zero-order valence-electron chi connectivity index (χ0n) is 16.0. The number of rotatable bonds is 3. The van der Waals surface area contributed by atoms with Crippen molar-refractivity contribution < 1.29 is 10.2 Å². The van der Waals surface area contributed by atoms with Crippen molar-refractivity contribution in [2.45, 2.75) is 31.8 Å². The van der Waals surface area contributed by atoms with Crippen molar-refractivity contribution in [2.24, 2.45) is 10.8 Å². The second-order valence-electron chi connectivity index (χ2n) is 8.49. The summed E-state index contributed by atoms with van der Waals surface area (Å²) in [6.07, 6.45) is 11.3. The van der Waals surface area contributed by atoms with Crippen LogP contribution < -0.4 is 0 Å². The molecular weight excluding hydrogens is 344 g/mol. The molecule has 2 nitrogen and oxygen atoms in total.